The van der Waals surface area contributed by atoms with Crippen LogP contribution in [0.25, 0.3) is 0 Å². The summed E-state index contributed by atoms with van der Waals surface area (Å²) in [6.45, 7) is 4.94. The first-order valence-corrected chi connectivity index (χ1v) is 7.20. The van der Waals surface area contributed by atoms with Gasteiger partial charge in [0.25, 0.3) is 0 Å². The second-order valence-corrected chi connectivity index (χ2v) is 5.98. The standard InChI is InChI=1S/C14H28N2O/c1-12-5-3-4-6-13(12)16(2)14(11-15)7-9-17-10-8-14/h12-13H,3-11,15H2,1-2H3. The van der Waals surface area contributed by atoms with Crippen LogP contribution in [0.4, 0.5) is 0 Å². The lowest BCUT2D eigenvalue weighted by molar-refractivity contribution is -0.0467. The SMILES string of the molecule is CC1CCCCC1N(C)C1(CN)CCOCC1. The lowest BCUT2D eigenvalue weighted by Gasteiger charge is -2.50. The number of ether oxygens (including phenoxy) is 1. The molecule has 0 spiro atoms. The van der Waals surface area contributed by atoms with Crippen LogP contribution in [0.2, 0.25) is 0 Å². The monoisotopic (exact) mass is 240 g/mol. The van der Waals surface area contributed by atoms with Crippen LogP contribution in [0.15, 0.2) is 0 Å². The van der Waals surface area contributed by atoms with Crippen LogP contribution in [0.1, 0.15) is 45.4 Å². The quantitative estimate of drug-likeness (QED) is 0.820. The van der Waals surface area contributed by atoms with E-state index < -0.39 is 0 Å². The van der Waals surface area contributed by atoms with Crippen molar-refractivity contribution in [1.29, 1.82) is 0 Å². The summed E-state index contributed by atoms with van der Waals surface area (Å²) >= 11 is 0. The molecule has 0 aromatic heterocycles. The minimum atomic E-state index is 0.203. The fourth-order valence-electron chi connectivity index (χ4n) is 3.68. The normalized spacial score (nSPS) is 33.9. The van der Waals surface area contributed by atoms with Gasteiger partial charge < -0.3 is 10.5 Å². The maximum atomic E-state index is 6.09. The highest BCUT2D eigenvalue weighted by molar-refractivity contribution is 4.96. The molecule has 1 heterocycles. The molecular weight excluding hydrogens is 212 g/mol. The molecule has 0 aromatic carbocycles. The summed E-state index contributed by atoms with van der Waals surface area (Å²) in [6, 6.07) is 0.727. The Hall–Kier alpha value is -0.120. The van der Waals surface area contributed by atoms with E-state index in [0.717, 1.165) is 44.6 Å². The number of hydrogen-bond acceptors (Lipinski definition) is 3. The third-order valence-electron chi connectivity index (χ3n) is 5.12. The summed E-state index contributed by atoms with van der Waals surface area (Å²) in [7, 11) is 2.30. The second kappa shape index (κ2) is 5.68. The molecule has 3 heteroatoms. The zero-order chi connectivity index (χ0) is 12.3. The summed E-state index contributed by atoms with van der Waals surface area (Å²) in [5.41, 5.74) is 6.30. The Kier molecular flexibility index (Phi) is 4.45. The van der Waals surface area contributed by atoms with Gasteiger partial charge in [0, 0.05) is 31.3 Å². The highest BCUT2D eigenvalue weighted by Gasteiger charge is 2.40. The number of hydrogen-bond donors (Lipinski definition) is 1. The minimum Gasteiger partial charge on any atom is -0.381 e. The Bertz CT molecular complexity index is 238. The van der Waals surface area contributed by atoms with Gasteiger partial charge in [0.1, 0.15) is 0 Å². The predicted molar refractivity (Wildman–Crippen MR) is 71.0 cm³/mol. The molecule has 2 aliphatic rings. The van der Waals surface area contributed by atoms with Gasteiger partial charge in [-0.25, -0.2) is 0 Å². The minimum absolute atomic E-state index is 0.203. The molecule has 1 aliphatic carbocycles. The number of likely N-dealkylation sites (N-methyl/N-ethyl adjacent to an activating group) is 1. The number of rotatable bonds is 3. The summed E-state index contributed by atoms with van der Waals surface area (Å²) in [5, 5.41) is 0. The van der Waals surface area contributed by atoms with E-state index in [1.807, 2.05) is 0 Å². The van der Waals surface area contributed by atoms with E-state index in [2.05, 4.69) is 18.9 Å². The van der Waals surface area contributed by atoms with Gasteiger partial charge in [0.05, 0.1) is 0 Å². The van der Waals surface area contributed by atoms with E-state index in [9.17, 15) is 0 Å². The molecule has 2 N–H and O–H groups in total. The van der Waals surface area contributed by atoms with Crippen LogP contribution in [0.3, 0.4) is 0 Å². The molecule has 1 aliphatic heterocycles. The van der Waals surface area contributed by atoms with E-state index in [4.69, 9.17) is 10.5 Å². The Morgan fingerprint density at radius 1 is 1.24 bits per heavy atom. The summed E-state index contributed by atoms with van der Waals surface area (Å²) < 4.78 is 5.51. The van der Waals surface area contributed by atoms with Gasteiger partial charge in [-0.2, -0.15) is 0 Å². The third-order valence-corrected chi connectivity index (χ3v) is 5.12. The summed E-state index contributed by atoms with van der Waals surface area (Å²) in [6.07, 6.45) is 7.72. The van der Waals surface area contributed by atoms with Crippen LogP contribution in [0, 0.1) is 5.92 Å². The van der Waals surface area contributed by atoms with Gasteiger partial charge in [0.15, 0.2) is 0 Å². The largest absolute Gasteiger partial charge is 0.381 e. The second-order valence-electron chi connectivity index (χ2n) is 5.98. The average Bonchev–Trinajstić information content (AvgIpc) is 2.39. The lowest BCUT2D eigenvalue weighted by Crippen LogP contribution is -2.60. The van der Waals surface area contributed by atoms with Crippen molar-refractivity contribution >= 4 is 0 Å². The van der Waals surface area contributed by atoms with Gasteiger partial charge in [-0.05, 0) is 38.6 Å². The highest BCUT2D eigenvalue weighted by atomic mass is 16.5. The summed E-state index contributed by atoms with van der Waals surface area (Å²) in [4.78, 5) is 2.61. The van der Waals surface area contributed by atoms with Crippen LogP contribution in [-0.2, 0) is 4.74 Å². The molecule has 0 amide bonds. The van der Waals surface area contributed by atoms with Crippen LogP contribution >= 0.6 is 0 Å². The van der Waals surface area contributed by atoms with Crippen molar-refractivity contribution in [2.45, 2.75) is 57.0 Å². The topological polar surface area (TPSA) is 38.5 Å². The molecule has 100 valence electrons. The van der Waals surface area contributed by atoms with Crippen molar-refractivity contribution in [3.05, 3.63) is 0 Å². The third kappa shape index (κ3) is 2.67. The van der Waals surface area contributed by atoms with E-state index >= 15 is 0 Å². The van der Waals surface area contributed by atoms with E-state index in [1.54, 1.807) is 0 Å². The maximum absolute atomic E-state index is 6.09. The Labute approximate surface area is 106 Å². The average molecular weight is 240 g/mol. The molecule has 0 radical (unpaired) electrons. The van der Waals surface area contributed by atoms with E-state index in [-0.39, 0.29) is 5.54 Å². The Morgan fingerprint density at radius 3 is 2.47 bits per heavy atom. The first kappa shape index (κ1) is 13.3. The molecule has 1 saturated carbocycles. The molecule has 0 aromatic rings. The van der Waals surface area contributed by atoms with Crippen LogP contribution in [-0.4, -0.2) is 43.3 Å². The predicted octanol–water partition coefficient (Wildman–Crippen LogP) is 2.00. The molecular formula is C14H28N2O. The first-order valence-electron chi connectivity index (χ1n) is 7.20. The van der Waals surface area contributed by atoms with E-state index in [1.165, 1.54) is 25.7 Å². The molecule has 1 saturated heterocycles. The van der Waals surface area contributed by atoms with Crippen molar-refractivity contribution in [2.75, 3.05) is 26.8 Å². The zero-order valence-electron chi connectivity index (χ0n) is 11.5. The Balaban J connectivity index is 2.07. The molecule has 0 bridgehead atoms. The van der Waals surface area contributed by atoms with Crippen LogP contribution in [0.5, 0.6) is 0 Å². The molecule has 2 rings (SSSR count). The van der Waals surface area contributed by atoms with Gasteiger partial charge in [0.2, 0.25) is 0 Å². The van der Waals surface area contributed by atoms with Crippen LogP contribution < -0.4 is 5.73 Å². The molecule has 17 heavy (non-hydrogen) atoms. The lowest BCUT2D eigenvalue weighted by atomic mass is 9.80. The fraction of sp³-hybridized carbons (Fsp3) is 1.00. The molecule has 2 atom stereocenters. The smallest absolute Gasteiger partial charge is 0.0484 e. The van der Waals surface area contributed by atoms with E-state index in [0.29, 0.717) is 0 Å². The summed E-state index contributed by atoms with van der Waals surface area (Å²) in [5.74, 6) is 0.819. The van der Waals surface area contributed by atoms with Crippen molar-refractivity contribution in [1.82, 2.24) is 4.90 Å². The highest BCUT2D eigenvalue weighted by Crippen LogP contribution is 2.35. The number of nitrogens with two attached hydrogens (primary N) is 1. The van der Waals surface area contributed by atoms with Gasteiger partial charge in [-0.15, -0.1) is 0 Å². The van der Waals surface area contributed by atoms with Gasteiger partial charge in [-0.1, -0.05) is 19.8 Å². The molecule has 2 fully saturated rings. The van der Waals surface area contributed by atoms with Crippen molar-refractivity contribution in [2.24, 2.45) is 11.7 Å². The first-order chi connectivity index (χ1) is 8.19. The number of nitrogens with zero attached hydrogens (tertiary/aromatic N) is 1. The van der Waals surface area contributed by atoms with Crippen molar-refractivity contribution in [3.63, 3.8) is 0 Å². The molecule has 3 nitrogen and oxygen atoms in total. The Morgan fingerprint density at radius 2 is 1.88 bits per heavy atom. The van der Waals surface area contributed by atoms with Gasteiger partial charge >= 0.3 is 0 Å². The molecule has 2 unspecified atom stereocenters. The zero-order valence-corrected chi connectivity index (χ0v) is 11.5. The van der Waals surface area contributed by atoms with Gasteiger partial charge in [-0.3, -0.25) is 4.90 Å². The fourth-order valence-corrected chi connectivity index (χ4v) is 3.68. The van der Waals surface area contributed by atoms with Crippen molar-refractivity contribution < 1.29 is 4.74 Å². The maximum Gasteiger partial charge on any atom is 0.0484 e. The van der Waals surface area contributed by atoms with Crippen molar-refractivity contribution in [3.8, 4) is 0 Å².